The van der Waals surface area contributed by atoms with Crippen LogP contribution >= 0.6 is 34.0 Å². The van der Waals surface area contributed by atoms with Crippen molar-refractivity contribution in [3.63, 3.8) is 0 Å². The number of hydrogen-bond acceptors (Lipinski definition) is 4. The number of unbranched alkanes of at least 4 members (excludes halogenated alkanes) is 2. The molecule has 0 bridgehead atoms. The topological polar surface area (TPSA) is 26.0 Å². The Bertz CT molecular complexity index is 932. The maximum atomic E-state index is 6.29. The Balaban J connectivity index is 1.80. The summed E-state index contributed by atoms with van der Waals surface area (Å²) >= 11 is 5.64. The van der Waals surface area contributed by atoms with Gasteiger partial charge in [-0.3, -0.25) is 0 Å². The molecule has 3 rings (SSSR count). The van der Waals surface area contributed by atoms with Gasteiger partial charge in [0.15, 0.2) is 0 Å². The van der Waals surface area contributed by atoms with Crippen molar-refractivity contribution in [1.82, 2.24) is 0 Å². The molecule has 4 heteroatoms. The number of rotatable bonds is 14. The molecule has 0 saturated carbocycles. The third-order valence-corrected chi connectivity index (χ3v) is 10.1. The number of hydrogen-bond donors (Lipinski definition) is 1. The summed E-state index contributed by atoms with van der Waals surface area (Å²) in [6.45, 7) is 9.27. The lowest BCUT2D eigenvalue weighted by Gasteiger charge is -2.14. The van der Waals surface area contributed by atoms with Gasteiger partial charge in [-0.05, 0) is 65.4 Å². The molecule has 1 nitrogen and oxygen atoms in total. The minimum absolute atomic E-state index is 0.764. The first kappa shape index (κ1) is 25.5. The second-order valence-corrected chi connectivity index (χ2v) is 12.3. The van der Waals surface area contributed by atoms with Crippen LogP contribution in [0.2, 0.25) is 0 Å². The van der Waals surface area contributed by atoms with Crippen LogP contribution in [0.5, 0.6) is 0 Å². The first-order valence-corrected chi connectivity index (χ1v) is 15.2. The average molecular weight is 488 g/mol. The molecule has 0 spiro atoms. The van der Waals surface area contributed by atoms with E-state index in [9.17, 15) is 0 Å². The summed E-state index contributed by atoms with van der Waals surface area (Å²) in [5.41, 5.74) is 9.30. The van der Waals surface area contributed by atoms with E-state index in [2.05, 4.69) is 57.3 Å². The van der Waals surface area contributed by atoms with E-state index in [4.69, 9.17) is 5.73 Å². The van der Waals surface area contributed by atoms with Crippen molar-refractivity contribution in [2.45, 2.75) is 91.9 Å². The fourth-order valence-electron chi connectivity index (χ4n) is 4.61. The Hall–Kier alpha value is -1.10. The quantitative estimate of drug-likeness (QED) is 0.240. The van der Waals surface area contributed by atoms with Crippen molar-refractivity contribution in [2.75, 3.05) is 5.73 Å². The molecule has 3 heterocycles. The highest BCUT2D eigenvalue weighted by Crippen LogP contribution is 2.44. The van der Waals surface area contributed by atoms with Gasteiger partial charge >= 0.3 is 0 Å². The Morgan fingerprint density at radius 3 is 1.94 bits per heavy atom. The van der Waals surface area contributed by atoms with E-state index in [-0.39, 0.29) is 0 Å². The standard InChI is InChI=1S/C28H41NS3/c1-5-9-11-20(7-3)17-22-15-16-30-27(22)24-13-14-25(31-24)28-23(19-26(29)32-28)18-21(8-4)12-10-6-2/h13-16,19-21H,5-12,17-18,29H2,1-4H3. The van der Waals surface area contributed by atoms with Gasteiger partial charge in [-0.15, -0.1) is 34.0 Å². The van der Waals surface area contributed by atoms with Crippen LogP contribution in [0.4, 0.5) is 5.00 Å². The second kappa shape index (κ2) is 13.0. The Morgan fingerprint density at radius 2 is 1.34 bits per heavy atom. The van der Waals surface area contributed by atoms with E-state index in [1.54, 1.807) is 16.9 Å². The predicted octanol–water partition coefficient (Wildman–Crippen LogP) is 10.3. The Morgan fingerprint density at radius 1 is 0.750 bits per heavy atom. The van der Waals surface area contributed by atoms with Crippen LogP contribution in [0, 0.1) is 11.8 Å². The Labute approximate surface area is 208 Å². The lowest BCUT2D eigenvalue weighted by Crippen LogP contribution is -2.03. The maximum Gasteiger partial charge on any atom is 0.0865 e. The molecule has 32 heavy (non-hydrogen) atoms. The van der Waals surface area contributed by atoms with Gasteiger partial charge in [0.2, 0.25) is 0 Å². The smallest absolute Gasteiger partial charge is 0.0865 e. The van der Waals surface area contributed by atoms with Crippen LogP contribution < -0.4 is 5.73 Å². The fraction of sp³-hybridized carbons (Fsp3) is 0.571. The number of thiophene rings is 3. The summed E-state index contributed by atoms with van der Waals surface area (Å²) in [6.07, 6.45) is 12.8. The molecule has 0 aliphatic heterocycles. The molecule has 0 saturated heterocycles. The molecule has 0 radical (unpaired) electrons. The molecule has 0 aliphatic rings. The van der Waals surface area contributed by atoms with Gasteiger partial charge in [0.25, 0.3) is 0 Å². The van der Waals surface area contributed by atoms with E-state index >= 15 is 0 Å². The number of nitrogen functional groups attached to an aromatic ring is 1. The minimum atomic E-state index is 0.764. The number of nitrogens with two attached hydrogens (primary N) is 1. The van der Waals surface area contributed by atoms with Crippen LogP contribution in [0.25, 0.3) is 19.5 Å². The van der Waals surface area contributed by atoms with E-state index in [1.165, 1.54) is 82.9 Å². The van der Waals surface area contributed by atoms with Gasteiger partial charge in [0, 0.05) is 19.5 Å². The van der Waals surface area contributed by atoms with Crippen LogP contribution in [0.3, 0.4) is 0 Å². The normalized spacial score (nSPS) is 13.5. The molecule has 3 aromatic heterocycles. The highest BCUT2D eigenvalue weighted by atomic mass is 32.1. The summed E-state index contributed by atoms with van der Waals surface area (Å²) in [6, 6.07) is 9.28. The zero-order valence-corrected chi connectivity index (χ0v) is 22.9. The average Bonchev–Trinajstić information content (AvgIpc) is 3.53. The molecule has 0 aliphatic carbocycles. The molecule has 0 aromatic carbocycles. The highest BCUT2D eigenvalue weighted by Gasteiger charge is 2.18. The fourth-order valence-corrected chi connectivity index (χ4v) is 7.82. The first-order chi connectivity index (χ1) is 15.6. The summed E-state index contributed by atoms with van der Waals surface area (Å²) in [7, 11) is 0. The van der Waals surface area contributed by atoms with Crippen molar-refractivity contribution in [2.24, 2.45) is 11.8 Å². The third kappa shape index (κ3) is 6.71. The van der Waals surface area contributed by atoms with E-state index in [1.807, 2.05) is 22.7 Å². The van der Waals surface area contributed by atoms with Crippen molar-refractivity contribution in [3.8, 4) is 19.5 Å². The van der Waals surface area contributed by atoms with Gasteiger partial charge in [-0.2, -0.15) is 0 Å². The zero-order valence-electron chi connectivity index (χ0n) is 20.4. The molecular weight excluding hydrogens is 447 g/mol. The zero-order chi connectivity index (χ0) is 22.9. The van der Waals surface area contributed by atoms with E-state index in [0.717, 1.165) is 23.3 Å². The van der Waals surface area contributed by atoms with Crippen LogP contribution in [-0.2, 0) is 12.8 Å². The Kier molecular flexibility index (Phi) is 10.3. The summed E-state index contributed by atoms with van der Waals surface area (Å²) in [5.74, 6) is 1.57. The molecule has 3 aromatic rings. The van der Waals surface area contributed by atoms with Gasteiger partial charge in [0.05, 0.1) is 5.00 Å². The molecule has 0 fully saturated rings. The summed E-state index contributed by atoms with van der Waals surface area (Å²) in [4.78, 5) is 5.70. The second-order valence-electron chi connectivity index (χ2n) is 9.18. The van der Waals surface area contributed by atoms with E-state index < -0.39 is 0 Å². The summed E-state index contributed by atoms with van der Waals surface area (Å²) in [5, 5.41) is 3.24. The lowest BCUT2D eigenvalue weighted by atomic mass is 9.92. The lowest BCUT2D eigenvalue weighted by molar-refractivity contribution is 0.450. The van der Waals surface area contributed by atoms with Gasteiger partial charge < -0.3 is 5.73 Å². The molecular formula is C28H41NS3. The first-order valence-electron chi connectivity index (χ1n) is 12.6. The molecule has 2 atom stereocenters. The van der Waals surface area contributed by atoms with Crippen LogP contribution in [0.1, 0.15) is 90.2 Å². The summed E-state index contributed by atoms with van der Waals surface area (Å²) < 4.78 is 0. The van der Waals surface area contributed by atoms with Gasteiger partial charge in [0.1, 0.15) is 0 Å². The minimum Gasteiger partial charge on any atom is -0.391 e. The van der Waals surface area contributed by atoms with E-state index in [0.29, 0.717) is 0 Å². The van der Waals surface area contributed by atoms with Crippen molar-refractivity contribution in [3.05, 3.63) is 40.8 Å². The molecule has 176 valence electrons. The van der Waals surface area contributed by atoms with Crippen molar-refractivity contribution in [1.29, 1.82) is 0 Å². The largest absolute Gasteiger partial charge is 0.391 e. The predicted molar refractivity (Wildman–Crippen MR) is 149 cm³/mol. The van der Waals surface area contributed by atoms with Gasteiger partial charge in [-0.25, -0.2) is 0 Å². The van der Waals surface area contributed by atoms with Crippen LogP contribution in [0.15, 0.2) is 29.6 Å². The maximum absolute atomic E-state index is 6.29. The highest BCUT2D eigenvalue weighted by molar-refractivity contribution is 7.27. The number of anilines is 1. The van der Waals surface area contributed by atoms with Crippen molar-refractivity contribution >= 4 is 39.0 Å². The van der Waals surface area contributed by atoms with Gasteiger partial charge in [-0.1, -0.05) is 79.1 Å². The SMILES string of the molecule is CCCCC(CC)Cc1ccsc1-c1ccc(-c2sc(N)cc2CC(CC)CCCC)s1. The van der Waals surface area contributed by atoms with Crippen molar-refractivity contribution < 1.29 is 0 Å². The molecule has 2 unspecified atom stereocenters. The van der Waals surface area contributed by atoms with Crippen LogP contribution in [-0.4, -0.2) is 0 Å². The molecule has 2 N–H and O–H groups in total. The third-order valence-electron chi connectivity index (χ3n) is 6.73. The monoisotopic (exact) mass is 487 g/mol. The molecule has 0 amide bonds.